The second-order valence-electron chi connectivity index (χ2n) is 6.90. The predicted molar refractivity (Wildman–Crippen MR) is 103 cm³/mol. The summed E-state index contributed by atoms with van der Waals surface area (Å²) in [5.41, 5.74) is 1.34. The van der Waals surface area contributed by atoms with Crippen molar-refractivity contribution in [2.75, 3.05) is 38.0 Å². The Morgan fingerprint density at radius 2 is 1.78 bits per heavy atom. The molecule has 0 bridgehead atoms. The Bertz CT molecular complexity index is 761. The number of piperazine rings is 1. The van der Waals surface area contributed by atoms with Crippen molar-refractivity contribution in [1.82, 2.24) is 9.80 Å². The highest BCUT2D eigenvalue weighted by Crippen LogP contribution is 2.16. The molecule has 1 atom stereocenters. The molecule has 0 saturated carbocycles. The summed E-state index contributed by atoms with van der Waals surface area (Å²) < 4.78 is 26.7. The van der Waals surface area contributed by atoms with E-state index < -0.39 is 11.6 Å². The monoisotopic (exact) mass is 373 g/mol. The van der Waals surface area contributed by atoms with E-state index >= 15 is 0 Å². The van der Waals surface area contributed by atoms with Crippen LogP contribution >= 0.6 is 0 Å². The van der Waals surface area contributed by atoms with Gasteiger partial charge in [0.15, 0.2) is 0 Å². The first-order chi connectivity index (χ1) is 13.0. The van der Waals surface area contributed by atoms with E-state index in [0.29, 0.717) is 0 Å². The van der Waals surface area contributed by atoms with Crippen molar-refractivity contribution in [2.45, 2.75) is 19.4 Å². The lowest BCUT2D eigenvalue weighted by Crippen LogP contribution is -2.53. The number of halogens is 2. The molecule has 0 spiro atoms. The van der Waals surface area contributed by atoms with Gasteiger partial charge in [-0.25, -0.2) is 8.78 Å². The third kappa shape index (κ3) is 5.34. The van der Waals surface area contributed by atoms with Crippen LogP contribution in [0.1, 0.15) is 12.5 Å². The van der Waals surface area contributed by atoms with Crippen LogP contribution in [0.15, 0.2) is 48.5 Å². The largest absolute Gasteiger partial charge is 0.322 e. The van der Waals surface area contributed by atoms with Crippen LogP contribution in [0.4, 0.5) is 14.5 Å². The van der Waals surface area contributed by atoms with Gasteiger partial charge in [-0.3, -0.25) is 9.69 Å². The Hall–Kier alpha value is -2.31. The lowest BCUT2D eigenvalue weighted by molar-refractivity contribution is -0.121. The number of hydrogen-bond acceptors (Lipinski definition) is 3. The second-order valence-corrected chi connectivity index (χ2v) is 6.90. The van der Waals surface area contributed by atoms with Gasteiger partial charge in [0.25, 0.3) is 0 Å². The average molecular weight is 373 g/mol. The highest BCUT2D eigenvalue weighted by Gasteiger charge is 2.26. The molecule has 27 heavy (non-hydrogen) atoms. The lowest BCUT2D eigenvalue weighted by atomic mass is 10.1. The van der Waals surface area contributed by atoms with Crippen molar-refractivity contribution in [2.24, 2.45) is 0 Å². The molecule has 1 amide bonds. The number of rotatable bonds is 6. The first kappa shape index (κ1) is 19.5. The van der Waals surface area contributed by atoms with Crippen LogP contribution in [0.5, 0.6) is 0 Å². The quantitative estimate of drug-likeness (QED) is 0.845. The molecule has 1 saturated heterocycles. The van der Waals surface area contributed by atoms with E-state index in [1.807, 2.05) is 13.0 Å². The fourth-order valence-corrected chi connectivity index (χ4v) is 3.30. The summed E-state index contributed by atoms with van der Waals surface area (Å²) in [5, 5.41) is 2.56. The Labute approximate surface area is 158 Å². The smallest absolute Gasteiger partial charge is 0.241 e. The van der Waals surface area contributed by atoms with E-state index in [1.165, 1.54) is 11.6 Å². The van der Waals surface area contributed by atoms with Gasteiger partial charge < -0.3 is 10.2 Å². The van der Waals surface area contributed by atoms with Crippen molar-refractivity contribution in [3.05, 3.63) is 65.7 Å². The van der Waals surface area contributed by atoms with Gasteiger partial charge in [-0.1, -0.05) is 30.3 Å². The molecule has 1 aliphatic heterocycles. The summed E-state index contributed by atoms with van der Waals surface area (Å²) in [4.78, 5) is 16.9. The molecule has 4 nitrogen and oxygen atoms in total. The minimum atomic E-state index is -0.763. The van der Waals surface area contributed by atoms with Gasteiger partial charge in [0.05, 0.1) is 11.7 Å². The fourth-order valence-electron chi connectivity index (χ4n) is 3.30. The molecule has 2 aromatic carbocycles. The Balaban J connectivity index is 1.46. The maximum Gasteiger partial charge on any atom is 0.241 e. The number of carbonyl (C=O) groups is 1. The lowest BCUT2D eigenvalue weighted by Gasteiger charge is -2.37. The molecular weight excluding hydrogens is 348 g/mol. The van der Waals surface area contributed by atoms with E-state index in [2.05, 4.69) is 39.4 Å². The molecule has 3 rings (SSSR count). The first-order valence-corrected chi connectivity index (χ1v) is 9.29. The molecule has 144 valence electrons. The topological polar surface area (TPSA) is 35.6 Å². The number of hydrogen-bond donors (Lipinski definition) is 1. The maximum atomic E-state index is 13.7. The number of carbonyl (C=O) groups excluding carboxylic acids is 1. The summed E-state index contributed by atoms with van der Waals surface area (Å²) >= 11 is 0. The summed E-state index contributed by atoms with van der Waals surface area (Å²) in [7, 11) is 0. The van der Waals surface area contributed by atoms with Crippen molar-refractivity contribution in [1.29, 1.82) is 0 Å². The SMILES string of the molecule is CC(C(=O)Nc1ccc(F)cc1F)N1CCN(CCc2ccccc2)CC1. The molecule has 0 aromatic heterocycles. The van der Waals surface area contributed by atoms with E-state index in [9.17, 15) is 13.6 Å². The number of amides is 1. The molecule has 1 fully saturated rings. The van der Waals surface area contributed by atoms with Crippen LogP contribution < -0.4 is 5.32 Å². The van der Waals surface area contributed by atoms with Crippen LogP contribution in [0, 0.1) is 11.6 Å². The zero-order valence-corrected chi connectivity index (χ0v) is 15.5. The fraction of sp³-hybridized carbons (Fsp3) is 0.381. The van der Waals surface area contributed by atoms with Gasteiger partial charge in [-0.15, -0.1) is 0 Å². The predicted octanol–water partition coefficient (Wildman–Crippen LogP) is 3.15. The first-order valence-electron chi connectivity index (χ1n) is 9.29. The molecule has 2 aromatic rings. The third-order valence-electron chi connectivity index (χ3n) is 5.08. The number of nitrogens with one attached hydrogen (secondary N) is 1. The van der Waals surface area contributed by atoms with Crippen LogP contribution in [-0.4, -0.2) is 54.5 Å². The zero-order chi connectivity index (χ0) is 19.2. The van der Waals surface area contributed by atoms with E-state index in [1.54, 1.807) is 0 Å². The van der Waals surface area contributed by atoms with Crippen molar-refractivity contribution in [3.8, 4) is 0 Å². The van der Waals surface area contributed by atoms with E-state index in [-0.39, 0.29) is 17.6 Å². The number of anilines is 1. The standard InChI is InChI=1S/C21H25F2N3O/c1-16(21(27)24-20-8-7-18(22)15-19(20)23)26-13-11-25(12-14-26)10-9-17-5-3-2-4-6-17/h2-8,15-16H,9-14H2,1H3,(H,24,27). The van der Waals surface area contributed by atoms with Gasteiger partial charge in [0.1, 0.15) is 11.6 Å². The molecule has 1 unspecified atom stereocenters. The molecule has 0 aliphatic carbocycles. The van der Waals surface area contributed by atoms with Gasteiger partial charge >= 0.3 is 0 Å². The van der Waals surface area contributed by atoms with Crippen molar-refractivity contribution in [3.63, 3.8) is 0 Å². The molecular formula is C21H25F2N3O. The Morgan fingerprint density at radius 1 is 1.07 bits per heavy atom. The van der Waals surface area contributed by atoms with Crippen molar-refractivity contribution >= 4 is 11.6 Å². The molecule has 1 heterocycles. The summed E-state index contributed by atoms with van der Waals surface area (Å²) in [6.45, 7) is 6.19. The summed E-state index contributed by atoms with van der Waals surface area (Å²) in [6.07, 6.45) is 1.01. The van der Waals surface area contributed by atoms with Gasteiger partial charge in [0, 0.05) is 38.8 Å². The van der Waals surface area contributed by atoms with Crippen LogP contribution in [0.25, 0.3) is 0 Å². The molecule has 0 radical (unpaired) electrons. The van der Waals surface area contributed by atoms with Gasteiger partial charge in [-0.05, 0) is 31.0 Å². The summed E-state index contributed by atoms with van der Waals surface area (Å²) in [6, 6.07) is 13.2. The Kier molecular flexibility index (Phi) is 6.53. The van der Waals surface area contributed by atoms with Crippen LogP contribution in [-0.2, 0) is 11.2 Å². The zero-order valence-electron chi connectivity index (χ0n) is 15.5. The van der Waals surface area contributed by atoms with Crippen LogP contribution in [0.3, 0.4) is 0 Å². The maximum absolute atomic E-state index is 13.7. The molecule has 1 aliphatic rings. The number of benzene rings is 2. The van der Waals surface area contributed by atoms with Gasteiger partial charge in [-0.2, -0.15) is 0 Å². The molecule has 1 N–H and O–H groups in total. The highest BCUT2D eigenvalue weighted by atomic mass is 19.1. The molecule has 6 heteroatoms. The number of nitrogens with zero attached hydrogens (tertiary/aromatic N) is 2. The van der Waals surface area contributed by atoms with Crippen LogP contribution in [0.2, 0.25) is 0 Å². The minimum absolute atomic E-state index is 0.00903. The second kappa shape index (κ2) is 9.06. The Morgan fingerprint density at radius 3 is 2.44 bits per heavy atom. The van der Waals surface area contributed by atoms with Crippen molar-refractivity contribution < 1.29 is 13.6 Å². The third-order valence-corrected chi connectivity index (χ3v) is 5.08. The van der Waals surface area contributed by atoms with Gasteiger partial charge in [0.2, 0.25) is 5.91 Å². The van der Waals surface area contributed by atoms with E-state index in [0.717, 1.165) is 51.3 Å². The highest BCUT2D eigenvalue weighted by molar-refractivity contribution is 5.94. The minimum Gasteiger partial charge on any atom is -0.322 e. The normalized spacial score (nSPS) is 16.9. The summed E-state index contributed by atoms with van der Waals surface area (Å²) in [5.74, 6) is -1.70. The average Bonchev–Trinajstić information content (AvgIpc) is 2.69. The van der Waals surface area contributed by atoms with E-state index in [4.69, 9.17) is 0 Å².